The maximum atomic E-state index is 11.5. The molecule has 0 bridgehead atoms. The predicted octanol–water partition coefficient (Wildman–Crippen LogP) is 4.03. The van der Waals surface area contributed by atoms with E-state index in [1.807, 2.05) is 0 Å². The number of fused-ring (bicyclic) bond motifs is 1. The van der Waals surface area contributed by atoms with Crippen molar-refractivity contribution < 1.29 is 19.8 Å². The molecule has 2 aromatic carbocycles. The fraction of sp³-hybridized carbons (Fsp3) is 0. The van der Waals surface area contributed by atoms with Gasteiger partial charge in [-0.15, -0.1) is 0 Å². The molecular weight excluding hydrogens is 332 g/mol. The lowest BCUT2D eigenvalue weighted by Gasteiger charge is -2.13. The van der Waals surface area contributed by atoms with Crippen molar-refractivity contribution in [3.05, 3.63) is 64.8 Å². The highest BCUT2D eigenvalue weighted by molar-refractivity contribution is 6.31. The van der Waals surface area contributed by atoms with Crippen molar-refractivity contribution in [2.45, 2.75) is 0 Å². The fourth-order valence-corrected chi connectivity index (χ4v) is 2.47. The summed E-state index contributed by atoms with van der Waals surface area (Å²) in [5.41, 5.74) is 1.63. The van der Waals surface area contributed by atoms with Gasteiger partial charge < -0.3 is 15.5 Å². The molecule has 3 aromatic rings. The molecule has 1 aromatic heterocycles. The predicted molar refractivity (Wildman–Crippen MR) is 90.4 cm³/mol. The Morgan fingerprint density at radius 3 is 2.33 bits per heavy atom. The Bertz CT molecular complexity index is 955. The first-order chi connectivity index (χ1) is 11.5. The second-order valence-electron chi connectivity index (χ2n) is 5.02. The second-order valence-corrected chi connectivity index (χ2v) is 5.46. The van der Waals surface area contributed by atoms with Gasteiger partial charge >= 0.3 is 11.9 Å². The standard InChI is InChI=1S/C17H11ClN2O4/c18-10-3-6-12-14(7-10)19-8-13(17(23)24)15(12)20-11-4-1-9(2-5-11)16(21)22/h1-8H,(H,19,20)(H,21,22)(H,23,24). The summed E-state index contributed by atoms with van der Waals surface area (Å²) >= 11 is 5.95. The summed E-state index contributed by atoms with van der Waals surface area (Å²) in [6.07, 6.45) is 1.26. The smallest absolute Gasteiger partial charge is 0.339 e. The molecule has 0 saturated carbocycles. The number of nitrogens with one attached hydrogen (secondary N) is 1. The number of nitrogens with zero attached hydrogens (tertiary/aromatic N) is 1. The van der Waals surface area contributed by atoms with Gasteiger partial charge in [-0.05, 0) is 42.5 Å². The van der Waals surface area contributed by atoms with Crippen LogP contribution in [0.25, 0.3) is 10.9 Å². The third-order valence-electron chi connectivity index (χ3n) is 3.46. The minimum Gasteiger partial charge on any atom is -0.478 e. The first-order valence-corrected chi connectivity index (χ1v) is 7.25. The minimum absolute atomic E-state index is 0.00661. The molecule has 0 radical (unpaired) electrons. The monoisotopic (exact) mass is 342 g/mol. The van der Waals surface area contributed by atoms with Gasteiger partial charge in [0.25, 0.3) is 0 Å². The van der Waals surface area contributed by atoms with Gasteiger partial charge in [-0.2, -0.15) is 0 Å². The first-order valence-electron chi connectivity index (χ1n) is 6.87. The van der Waals surface area contributed by atoms with Crippen molar-refractivity contribution in [2.24, 2.45) is 0 Å². The van der Waals surface area contributed by atoms with Gasteiger partial charge in [-0.1, -0.05) is 11.6 Å². The Hall–Kier alpha value is -3.12. The van der Waals surface area contributed by atoms with E-state index in [4.69, 9.17) is 16.7 Å². The van der Waals surface area contributed by atoms with Crippen LogP contribution in [0.5, 0.6) is 0 Å². The lowest BCUT2D eigenvalue weighted by molar-refractivity contribution is 0.0686. The van der Waals surface area contributed by atoms with Crippen molar-refractivity contribution in [3.63, 3.8) is 0 Å². The van der Waals surface area contributed by atoms with E-state index in [0.29, 0.717) is 27.3 Å². The SMILES string of the molecule is O=C(O)c1ccc(Nc2c(C(=O)O)cnc3cc(Cl)ccc23)cc1. The topological polar surface area (TPSA) is 99.5 Å². The number of hydrogen-bond acceptors (Lipinski definition) is 4. The maximum Gasteiger partial charge on any atom is 0.339 e. The molecule has 6 nitrogen and oxygen atoms in total. The molecule has 3 N–H and O–H groups in total. The van der Waals surface area contributed by atoms with Crippen LogP contribution in [-0.4, -0.2) is 27.1 Å². The van der Waals surface area contributed by atoms with Gasteiger partial charge in [0, 0.05) is 22.3 Å². The molecule has 0 aliphatic rings. The Balaban J connectivity index is 2.10. The summed E-state index contributed by atoms with van der Waals surface area (Å²) < 4.78 is 0. The average Bonchev–Trinajstić information content (AvgIpc) is 2.55. The molecule has 0 spiro atoms. The summed E-state index contributed by atoms with van der Waals surface area (Å²) in [5, 5.41) is 22.4. The van der Waals surface area contributed by atoms with Crippen molar-refractivity contribution in [1.82, 2.24) is 4.98 Å². The normalized spacial score (nSPS) is 10.5. The third-order valence-corrected chi connectivity index (χ3v) is 3.70. The molecule has 0 saturated heterocycles. The van der Waals surface area contributed by atoms with E-state index in [0.717, 1.165) is 0 Å². The summed E-state index contributed by atoms with van der Waals surface area (Å²) in [7, 11) is 0. The molecule has 1 heterocycles. The summed E-state index contributed by atoms with van der Waals surface area (Å²) in [6.45, 7) is 0. The van der Waals surface area contributed by atoms with E-state index in [2.05, 4.69) is 10.3 Å². The molecule has 7 heteroatoms. The molecular formula is C17H11ClN2O4. The lowest BCUT2D eigenvalue weighted by Crippen LogP contribution is -2.05. The highest BCUT2D eigenvalue weighted by atomic mass is 35.5. The van der Waals surface area contributed by atoms with Gasteiger partial charge in [-0.25, -0.2) is 9.59 Å². The summed E-state index contributed by atoms with van der Waals surface area (Å²) in [4.78, 5) is 26.5. The molecule has 0 unspecified atom stereocenters. The molecule has 3 rings (SSSR count). The van der Waals surface area contributed by atoms with E-state index >= 15 is 0 Å². The quantitative estimate of drug-likeness (QED) is 0.662. The van der Waals surface area contributed by atoms with Gasteiger partial charge in [-0.3, -0.25) is 4.98 Å². The van der Waals surface area contributed by atoms with Crippen molar-refractivity contribution in [3.8, 4) is 0 Å². The number of anilines is 2. The van der Waals surface area contributed by atoms with Crippen LogP contribution in [0.2, 0.25) is 5.02 Å². The van der Waals surface area contributed by atoms with Gasteiger partial charge in [0.2, 0.25) is 0 Å². The largest absolute Gasteiger partial charge is 0.478 e. The second kappa shape index (κ2) is 6.17. The molecule has 0 amide bonds. The number of benzene rings is 2. The highest BCUT2D eigenvalue weighted by Gasteiger charge is 2.15. The van der Waals surface area contributed by atoms with E-state index in [1.165, 1.54) is 18.3 Å². The summed E-state index contributed by atoms with van der Waals surface area (Å²) in [5.74, 6) is -2.15. The van der Waals surface area contributed by atoms with Crippen LogP contribution in [0.15, 0.2) is 48.7 Å². The van der Waals surface area contributed by atoms with Gasteiger partial charge in [0.1, 0.15) is 5.56 Å². The van der Waals surface area contributed by atoms with Crippen LogP contribution >= 0.6 is 11.6 Å². The molecule has 0 atom stereocenters. The van der Waals surface area contributed by atoms with Crippen LogP contribution in [0, 0.1) is 0 Å². The Kier molecular flexibility index (Phi) is 4.05. The molecule has 24 heavy (non-hydrogen) atoms. The van der Waals surface area contributed by atoms with Crippen LogP contribution in [0.4, 0.5) is 11.4 Å². The highest BCUT2D eigenvalue weighted by Crippen LogP contribution is 2.30. The fourth-order valence-electron chi connectivity index (χ4n) is 2.30. The van der Waals surface area contributed by atoms with E-state index in [9.17, 15) is 14.7 Å². The number of carboxylic acid groups (broad SMARTS) is 2. The number of aromatic nitrogens is 1. The van der Waals surface area contributed by atoms with Gasteiger partial charge in [0.05, 0.1) is 16.8 Å². The number of hydrogen-bond donors (Lipinski definition) is 3. The van der Waals surface area contributed by atoms with E-state index < -0.39 is 11.9 Å². The van der Waals surface area contributed by atoms with E-state index in [-0.39, 0.29) is 11.1 Å². The zero-order valence-corrected chi connectivity index (χ0v) is 12.9. The molecule has 0 fully saturated rings. The van der Waals surface area contributed by atoms with Crippen molar-refractivity contribution >= 4 is 45.8 Å². The third kappa shape index (κ3) is 3.00. The Morgan fingerprint density at radius 1 is 1.00 bits per heavy atom. The average molecular weight is 343 g/mol. The van der Waals surface area contributed by atoms with Crippen LogP contribution in [0.3, 0.4) is 0 Å². The Labute approximate surface area is 141 Å². The summed E-state index contributed by atoms with van der Waals surface area (Å²) in [6, 6.07) is 11.0. The molecule has 0 aliphatic heterocycles. The number of halogens is 1. The number of rotatable bonds is 4. The molecule has 120 valence electrons. The van der Waals surface area contributed by atoms with Crippen LogP contribution in [0.1, 0.15) is 20.7 Å². The van der Waals surface area contributed by atoms with Crippen LogP contribution in [-0.2, 0) is 0 Å². The number of carbonyl (C=O) groups is 2. The number of carboxylic acids is 2. The zero-order chi connectivity index (χ0) is 17.3. The van der Waals surface area contributed by atoms with E-state index in [1.54, 1.807) is 30.3 Å². The first kappa shape index (κ1) is 15.8. The number of pyridine rings is 1. The maximum absolute atomic E-state index is 11.5. The Morgan fingerprint density at radius 2 is 1.71 bits per heavy atom. The molecule has 0 aliphatic carbocycles. The van der Waals surface area contributed by atoms with Crippen molar-refractivity contribution in [1.29, 1.82) is 0 Å². The minimum atomic E-state index is -1.12. The van der Waals surface area contributed by atoms with Gasteiger partial charge in [0.15, 0.2) is 0 Å². The lowest BCUT2D eigenvalue weighted by atomic mass is 10.1. The van der Waals surface area contributed by atoms with Crippen molar-refractivity contribution in [2.75, 3.05) is 5.32 Å². The zero-order valence-electron chi connectivity index (χ0n) is 12.2. The van der Waals surface area contributed by atoms with Crippen LogP contribution < -0.4 is 5.32 Å². The number of aromatic carboxylic acids is 2.